The van der Waals surface area contributed by atoms with E-state index in [2.05, 4.69) is 56.2 Å². The van der Waals surface area contributed by atoms with Gasteiger partial charge in [-0.25, -0.2) is 4.98 Å². The molecule has 0 amide bonds. The Labute approximate surface area is 125 Å². The normalized spacial score (nSPS) is 10.8. The molecule has 108 valence electrons. The molecule has 20 heavy (non-hydrogen) atoms. The van der Waals surface area contributed by atoms with Crippen LogP contribution in [-0.4, -0.2) is 11.5 Å². The van der Waals surface area contributed by atoms with E-state index >= 15 is 0 Å². The maximum Gasteiger partial charge on any atom is 0.182 e. The van der Waals surface area contributed by atoms with Crippen molar-refractivity contribution in [1.29, 1.82) is 0 Å². The van der Waals surface area contributed by atoms with Gasteiger partial charge in [0.1, 0.15) is 12.4 Å². The van der Waals surface area contributed by atoms with E-state index in [-0.39, 0.29) is 0 Å². The van der Waals surface area contributed by atoms with Crippen molar-refractivity contribution in [3.05, 3.63) is 40.4 Å². The molecule has 0 aliphatic rings. The number of hydrogen-bond donors (Lipinski definition) is 1. The summed E-state index contributed by atoms with van der Waals surface area (Å²) in [6.07, 6.45) is 1.88. The van der Waals surface area contributed by atoms with E-state index in [4.69, 9.17) is 4.74 Å². The van der Waals surface area contributed by atoms with E-state index in [1.54, 1.807) is 11.3 Å². The van der Waals surface area contributed by atoms with Gasteiger partial charge in [-0.3, -0.25) is 0 Å². The van der Waals surface area contributed by atoms with E-state index in [1.807, 2.05) is 6.20 Å². The largest absolute Gasteiger partial charge is 0.488 e. The predicted octanol–water partition coefficient (Wildman–Crippen LogP) is 4.59. The molecule has 0 bridgehead atoms. The molecule has 4 heteroatoms. The molecular formula is C16H22N2OS. The summed E-state index contributed by atoms with van der Waals surface area (Å²) in [4.78, 5) is 5.45. The number of nitrogens with one attached hydrogen (secondary N) is 1. The quantitative estimate of drug-likeness (QED) is 0.845. The number of hydrogen-bond acceptors (Lipinski definition) is 4. The van der Waals surface area contributed by atoms with Crippen molar-refractivity contribution in [2.75, 3.05) is 11.9 Å². The number of rotatable bonds is 6. The predicted molar refractivity (Wildman–Crippen MR) is 85.9 cm³/mol. The standard InChI is InChI=1S/C16H22N2OS/c1-5-17-16-18-9-14(20-16)10-19-15-8-13(11(2)3)7-6-12(15)4/h6-9,11H,5,10H2,1-4H3,(H,17,18). The lowest BCUT2D eigenvalue weighted by molar-refractivity contribution is 0.307. The van der Waals surface area contributed by atoms with E-state index in [0.29, 0.717) is 12.5 Å². The molecule has 1 aromatic carbocycles. The molecule has 1 N–H and O–H groups in total. The van der Waals surface area contributed by atoms with Crippen LogP contribution >= 0.6 is 11.3 Å². The van der Waals surface area contributed by atoms with Gasteiger partial charge in [-0.1, -0.05) is 37.3 Å². The molecule has 0 fully saturated rings. The molecule has 0 saturated carbocycles. The van der Waals surface area contributed by atoms with Crippen LogP contribution in [0.1, 0.15) is 42.7 Å². The Hall–Kier alpha value is -1.55. The number of nitrogens with zero attached hydrogens (tertiary/aromatic N) is 1. The topological polar surface area (TPSA) is 34.2 Å². The number of aryl methyl sites for hydroxylation is 1. The van der Waals surface area contributed by atoms with Gasteiger partial charge in [-0.2, -0.15) is 0 Å². The van der Waals surface area contributed by atoms with Crippen molar-refractivity contribution in [1.82, 2.24) is 4.98 Å². The molecule has 3 nitrogen and oxygen atoms in total. The first-order valence-corrected chi connectivity index (χ1v) is 7.83. The summed E-state index contributed by atoms with van der Waals surface area (Å²) < 4.78 is 5.95. The summed E-state index contributed by atoms with van der Waals surface area (Å²) in [5.74, 6) is 1.48. The molecule has 0 atom stereocenters. The first kappa shape index (κ1) is 14.9. The highest BCUT2D eigenvalue weighted by atomic mass is 32.1. The fourth-order valence-electron chi connectivity index (χ4n) is 1.89. The minimum atomic E-state index is 0.515. The van der Waals surface area contributed by atoms with Crippen LogP contribution < -0.4 is 10.1 Å². The van der Waals surface area contributed by atoms with E-state index < -0.39 is 0 Å². The van der Waals surface area contributed by atoms with Gasteiger partial charge in [0.05, 0.1) is 4.88 Å². The highest BCUT2D eigenvalue weighted by molar-refractivity contribution is 7.15. The van der Waals surface area contributed by atoms with Crippen LogP contribution in [0.15, 0.2) is 24.4 Å². The average molecular weight is 290 g/mol. The van der Waals surface area contributed by atoms with Gasteiger partial charge in [0.2, 0.25) is 0 Å². The zero-order valence-corrected chi connectivity index (χ0v) is 13.4. The van der Waals surface area contributed by atoms with Gasteiger partial charge in [0.25, 0.3) is 0 Å². The first-order chi connectivity index (χ1) is 9.60. The minimum absolute atomic E-state index is 0.515. The Kier molecular flexibility index (Phi) is 5.01. The molecule has 1 aromatic heterocycles. The van der Waals surface area contributed by atoms with Crippen LogP contribution in [0.2, 0.25) is 0 Å². The first-order valence-electron chi connectivity index (χ1n) is 7.02. The Morgan fingerprint density at radius 2 is 2.15 bits per heavy atom. The lowest BCUT2D eigenvalue weighted by atomic mass is 10.0. The second-order valence-electron chi connectivity index (χ2n) is 5.13. The maximum atomic E-state index is 5.95. The molecule has 2 aromatic rings. The smallest absolute Gasteiger partial charge is 0.182 e. The SMILES string of the molecule is CCNc1ncc(COc2cc(C(C)C)ccc2C)s1. The van der Waals surface area contributed by atoms with Gasteiger partial charge in [-0.05, 0) is 37.0 Å². The number of benzene rings is 1. The molecule has 0 radical (unpaired) electrons. The number of anilines is 1. The van der Waals surface area contributed by atoms with Crippen LogP contribution in [0.4, 0.5) is 5.13 Å². The number of aromatic nitrogens is 1. The third-order valence-electron chi connectivity index (χ3n) is 3.13. The van der Waals surface area contributed by atoms with E-state index in [9.17, 15) is 0 Å². The number of thiazole rings is 1. The number of ether oxygens (including phenoxy) is 1. The lowest BCUT2D eigenvalue weighted by Crippen LogP contribution is -1.97. The summed E-state index contributed by atoms with van der Waals surface area (Å²) in [7, 11) is 0. The highest BCUT2D eigenvalue weighted by Gasteiger charge is 2.07. The van der Waals surface area contributed by atoms with Gasteiger partial charge < -0.3 is 10.1 Å². The van der Waals surface area contributed by atoms with Gasteiger partial charge in [-0.15, -0.1) is 0 Å². The molecule has 0 saturated heterocycles. The molecular weight excluding hydrogens is 268 g/mol. The average Bonchev–Trinajstić information content (AvgIpc) is 2.86. The van der Waals surface area contributed by atoms with Crippen LogP contribution in [0.5, 0.6) is 5.75 Å². The van der Waals surface area contributed by atoms with Crippen LogP contribution in [0.3, 0.4) is 0 Å². The van der Waals surface area contributed by atoms with Crippen molar-refractivity contribution < 1.29 is 4.74 Å². The van der Waals surface area contributed by atoms with E-state index in [1.165, 1.54) is 11.1 Å². The van der Waals surface area contributed by atoms with Crippen molar-refractivity contribution in [3.63, 3.8) is 0 Å². The third-order valence-corrected chi connectivity index (χ3v) is 4.06. The Bertz CT molecular complexity index is 563. The second-order valence-corrected chi connectivity index (χ2v) is 6.25. The van der Waals surface area contributed by atoms with Crippen LogP contribution in [0.25, 0.3) is 0 Å². The summed E-state index contributed by atoms with van der Waals surface area (Å²) in [6.45, 7) is 10.0. The Morgan fingerprint density at radius 3 is 2.85 bits per heavy atom. The fraction of sp³-hybridized carbons (Fsp3) is 0.438. The van der Waals surface area contributed by atoms with Crippen molar-refractivity contribution >= 4 is 16.5 Å². The molecule has 2 rings (SSSR count). The lowest BCUT2D eigenvalue weighted by Gasteiger charge is -2.12. The summed E-state index contributed by atoms with van der Waals surface area (Å²) in [6, 6.07) is 6.44. The highest BCUT2D eigenvalue weighted by Crippen LogP contribution is 2.26. The van der Waals surface area contributed by atoms with Crippen LogP contribution in [-0.2, 0) is 6.61 Å². The van der Waals surface area contributed by atoms with E-state index in [0.717, 1.165) is 22.3 Å². The monoisotopic (exact) mass is 290 g/mol. The maximum absolute atomic E-state index is 5.95. The van der Waals surface area contributed by atoms with Crippen LogP contribution in [0, 0.1) is 6.92 Å². The van der Waals surface area contributed by atoms with Crippen molar-refractivity contribution in [2.45, 2.75) is 40.2 Å². The zero-order chi connectivity index (χ0) is 14.5. The van der Waals surface area contributed by atoms with Crippen molar-refractivity contribution in [3.8, 4) is 5.75 Å². The fourth-order valence-corrected chi connectivity index (χ4v) is 2.68. The summed E-state index contributed by atoms with van der Waals surface area (Å²) >= 11 is 1.65. The molecule has 1 heterocycles. The second kappa shape index (κ2) is 6.75. The Balaban J connectivity index is 2.04. The Morgan fingerprint density at radius 1 is 1.35 bits per heavy atom. The van der Waals surface area contributed by atoms with Crippen molar-refractivity contribution in [2.24, 2.45) is 0 Å². The third kappa shape index (κ3) is 3.73. The van der Waals surface area contributed by atoms with Gasteiger partial charge in [0, 0.05) is 12.7 Å². The van der Waals surface area contributed by atoms with Gasteiger partial charge >= 0.3 is 0 Å². The zero-order valence-electron chi connectivity index (χ0n) is 12.6. The summed E-state index contributed by atoms with van der Waals surface area (Å²) in [5.41, 5.74) is 2.48. The molecule has 0 unspecified atom stereocenters. The molecule has 0 spiro atoms. The summed E-state index contributed by atoms with van der Waals surface area (Å²) in [5, 5.41) is 4.17. The molecule has 0 aliphatic heterocycles. The minimum Gasteiger partial charge on any atom is -0.488 e. The van der Waals surface area contributed by atoms with Gasteiger partial charge in [0.15, 0.2) is 5.13 Å². The molecule has 0 aliphatic carbocycles.